The van der Waals surface area contributed by atoms with Crippen molar-refractivity contribution >= 4 is 11.5 Å². The molecule has 7 nitrogen and oxygen atoms in total. The highest BCUT2D eigenvalue weighted by atomic mass is 16.6. The fourth-order valence-electron chi connectivity index (χ4n) is 1.60. The lowest BCUT2D eigenvalue weighted by Crippen LogP contribution is -2.03. The lowest BCUT2D eigenvalue weighted by Gasteiger charge is -2.04. The van der Waals surface area contributed by atoms with E-state index in [2.05, 4.69) is 15.3 Å². The Morgan fingerprint density at radius 3 is 2.79 bits per heavy atom. The van der Waals surface area contributed by atoms with Crippen molar-refractivity contribution in [2.75, 3.05) is 5.32 Å². The largest absolute Gasteiger partial charge is 0.444 e. The van der Waals surface area contributed by atoms with Crippen LogP contribution in [0.3, 0.4) is 0 Å². The summed E-state index contributed by atoms with van der Waals surface area (Å²) in [6, 6.07) is 1.63. The highest BCUT2D eigenvalue weighted by molar-refractivity contribution is 5.46. The molecule has 0 aliphatic carbocycles. The second kappa shape index (κ2) is 5.47. The van der Waals surface area contributed by atoms with Crippen LogP contribution >= 0.6 is 0 Å². The molecule has 0 amide bonds. The molecule has 0 unspecified atom stereocenters. The average molecular weight is 262 g/mol. The van der Waals surface area contributed by atoms with Crippen LogP contribution in [0.15, 0.2) is 22.9 Å². The summed E-state index contributed by atoms with van der Waals surface area (Å²) in [4.78, 5) is 18.3. The highest BCUT2D eigenvalue weighted by Gasteiger charge is 2.11. The third-order valence-corrected chi connectivity index (χ3v) is 2.65. The van der Waals surface area contributed by atoms with E-state index in [4.69, 9.17) is 4.42 Å². The molecule has 0 aromatic carbocycles. The number of pyridine rings is 1. The van der Waals surface area contributed by atoms with Crippen LogP contribution in [0.5, 0.6) is 0 Å². The average Bonchev–Trinajstić information content (AvgIpc) is 2.84. The molecule has 0 spiro atoms. The number of anilines is 1. The Labute approximate surface area is 109 Å². The molecule has 2 aromatic rings. The summed E-state index contributed by atoms with van der Waals surface area (Å²) in [5.74, 6) is 1.94. The van der Waals surface area contributed by atoms with E-state index >= 15 is 0 Å². The molecule has 0 saturated carbocycles. The molecule has 19 heavy (non-hydrogen) atoms. The number of nitrogens with zero attached hydrogens (tertiary/aromatic N) is 3. The van der Waals surface area contributed by atoms with Gasteiger partial charge in [0.1, 0.15) is 17.8 Å². The third-order valence-electron chi connectivity index (χ3n) is 2.65. The molecular weight excluding hydrogens is 248 g/mol. The van der Waals surface area contributed by atoms with Gasteiger partial charge < -0.3 is 9.73 Å². The van der Waals surface area contributed by atoms with Gasteiger partial charge in [-0.3, -0.25) is 10.1 Å². The van der Waals surface area contributed by atoms with Crippen molar-refractivity contribution in [1.29, 1.82) is 0 Å². The SMILES string of the molecule is CCc1cnc(CNc2cc(C)c([N+](=O)[O-])cn2)o1. The van der Waals surface area contributed by atoms with Gasteiger partial charge >= 0.3 is 0 Å². The predicted octanol–water partition coefficient (Wildman–Crippen LogP) is 2.46. The minimum Gasteiger partial charge on any atom is -0.444 e. The molecule has 2 heterocycles. The van der Waals surface area contributed by atoms with Gasteiger partial charge in [0.05, 0.1) is 17.7 Å². The monoisotopic (exact) mass is 262 g/mol. The van der Waals surface area contributed by atoms with E-state index in [0.29, 0.717) is 23.8 Å². The second-order valence-corrected chi connectivity index (χ2v) is 4.04. The van der Waals surface area contributed by atoms with E-state index in [-0.39, 0.29) is 5.69 Å². The minimum atomic E-state index is -0.451. The molecule has 7 heteroatoms. The van der Waals surface area contributed by atoms with Gasteiger partial charge in [-0.1, -0.05) is 6.92 Å². The first-order valence-corrected chi connectivity index (χ1v) is 5.88. The highest BCUT2D eigenvalue weighted by Crippen LogP contribution is 2.19. The van der Waals surface area contributed by atoms with Crippen molar-refractivity contribution < 1.29 is 9.34 Å². The summed E-state index contributed by atoms with van der Waals surface area (Å²) in [5.41, 5.74) is 0.569. The summed E-state index contributed by atoms with van der Waals surface area (Å²) in [6.45, 7) is 4.05. The molecule has 0 atom stereocenters. The fourth-order valence-corrected chi connectivity index (χ4v) is 1.60. The fraction of sp³-hybridized carbons (Fsp3) is 0.333. The van der Waals surface area contributed by atoms with Crippen molar-refractivity contribution in [3.05, 3.63) is 45.8 Å². The van der Waals surface area contributed by atoms with E-state index < -0.39 is 4.92 Å². The molecule has 2 aromatic heterocycles. The summed E-state index contributed by atoms with van der Waals surface area (Å²) >= 11 is 0. The standard InChI is InChI=1S/C12H14N4O3/c1-3-9-5-15-12(19-9)7-14-11-4-8(2)10(6-13-11)16(17)18/h4-6H,3,7H2,1-2H3,(H,13,14). The number of aromatic nitrogens is 2. The van der Waals surface area contributed by atoms with Crippen LogP contribution in [-0.4, -0.2) is 14.9 Å². The lowest BCUT2D eigenvalue weighted by atomic mass is 10.2. The summed E-state index contributed by atoms with van der Waals surface area (Å²) in [6.07, 6.45) is 3.72. The Hall–Kier alpha value is -2.44. The zero-order valence-electron chi connectivity index (χ0n) is 10.7. The second-order valence-electron chi connectivity index (χ2n) is 4.04. The van der Waals surface area contributed by atoms with Crippen LogP contribution in [0.4, 0.5) is 11.5 Å². The molecule has 0 radical (unpaired) electrons. The van der Waals surface area contributed by atoms with Crippen LogP contribution in [0, 0.1) is 17.0 Å². The first-order valence-electron chi connectivity index (χ1n) is 5.88. The Morgan fingerprint density at radius 2 is 2.21 bits per heavy atom. The van der Waals surface area contributed by atoms with E-state index in [1.54, 1.807) is 19.2 Å². The van der Waals surface area contributed by atoms with Gasteiger partial charge in [0.2, 0.25) is 5.89 Å². The maximum atomic E-state index is 10.7. The van der Waals surface area contributed by atoms with Gasteiger partial charge in [0.15, 0.2) is 0 Å². The Morgan fingerprint density at radius 1 is 1.42 bits per heavy atom. The van der Waals surface area contributed by atoms with Gasteiger partial charge in [-0.05, 0) is 13.0 Å². The van der Waals surface area contributed by atoms with E-state index in [9.17, 15) is 10.1 Å². The molecule has 0 aliphatic rings. The normalized spacial score (nSPS) is 10.4. The molecule has 2 rings (SSSR count). The quantitative estimate of drug-likeness (QED) is 0.657. The van der Waals surface area contributed by atoms with Crippen molar-refractivity contribution in [2.45, 2.75) is 26.8 Å². The van der Waals surface area contributed by atoms with Gasteiger partial charge in [-0.25, -0.2) is 9.97 Å². The Balaban J connectivity index is 2.03. The maximum absolute atomic E-state index is 10.7. The summed E-state index contributed by atoms with van der Waals surface area (Å²) in [5, 5.41) is 13.7. The zero-order valence-corrected chi connectivity index (χ0v) is 10.7. The Kier molecular flexibility index (Phi) is 3.74. The van der Waals surface area contributed by atoms with Gasteiger partial charge in [0.25, 0.3) is 5.69 Å². The molecule has 0 fully saturated rings. The van der Waals surface area contributed by atoms with Crippen molar-refractivity contribution in [1.82, 2.24) is 9.97 Å². The molecule has 0 bridgehead atoms. The number of oxazole rings is 1. The summed E-state index contributed by atoms with van der Waals surface area (Å²) < 4.78 is 5.44. The van der Waals surface area contributed by atoms with Crippen LogP contribution in [0.2, 0.25) is 0 Å². The van der Waals surface area contributed by atoms with Gasteiger partial charge in [0, 0.05) is 12.0 Å². The Bertz CT molecular complexity index is 594. The molecular formula is C12H14N4O3. The topological polar surface area (TPSA) is 94.1 Å². The number of aryl methyl sites for hydroxylation is 2. The van der Waals surface area contributed by atoms with Gasteiger partial charge in [-0.2, -0.15) is 0 Å². The number of nitro groups is 1. The van der Waals surface area contributed by atoms with E-state index in [1.807, 2.05) is 6.92 Å². The minimum absolute atomic E-state index is 0.00921. The smallest absolute Gasteiger partial charge is 0.290 e. The molecule has 100 valence electrons. The predicted molar refractivity (Wildman–Crippen MR) is 68.8 cm³/mol. The number of hydrogen-bond donors (Lipinski definition) is 1. The van der Waals surface area contributed by atoms with Gasteiger partial charge in [-0.15, -0.1) is 0 Å². The van der Waals surface area contributed by atoms with Crippen LogP contribution in [0.25, 0.3) is 0 Å². The molecule has 0 saturated heterocycles. The van der Waals surface area contributed by atoms with E-state index in [1.165, 1.54) is 6.20 Å². The number of rotatable bonds is 5. The van der Waals surface area contributed by atoms with Crippen molar-refractivity contribution in [3.63, 3.8) is 0 Å². The molecule has 0 aliphatic heterocycles. The van der Waals surface area contributed by atoms with Crippen LogP contribution in [0.1, 0.15) is 24.1 Å². The molecule has 1 N–H and O–H groups in total. The maximum Gasteiger partial charge on any atom is 0.290 e. The van der Waals surface area contributed by atoms with Crippen LogP contribution in [-0.2, 0) is 13.0 Å². The number of nitrogens with one attached hydrogen (secondary N) is 1. The summed E-state index contributed by atoms with van der Waals surface area (Å²) in [7, 11) is 0. The van der Waals surface area contributed by atoms with E-state index in [0.717, 1.165) is 12.2 Å². The lowest BCUT2D eigenvalue weighted by molar-refractivity contribution is -0.385. The first-order chi connectivity index (χ1) is 9.10. The third kappa shape index (κ3) is 3.06. The van der Waals surface area contributed by atoms with Crippen molar-refractivity contribution in [3.8, 4) is 0 Å². The van der Waals surface area contributed by atoms with Crippen molar-refractivity contribution in [2.24, 2.45) is 0 Å². The first kappa shape index (κ1) is 13.0. The van der Waals surface area contributed by atoms with Crippen LogP contribution < -0.4 is 5.32 Å². The zero-order chi connectivity index (χ0) is 13.8. The number of hydrogen-bond acceptors (Lipinski definition) is 6.